The lowest BCUT2D eigenvalue weighted by atomic mass is 9.91. The van der Waals surface area contributed by atoms with Crippen LogP contribution in [0.2, 0.25) is 0 Å². The number of carboxylic acid groups (broad SMARTS) is 1. The van der Waals surface area contributed by atoms with E-state index in [0.717, 1.165) is 28.2 Å². The SMILES string of the molecule is CCC(C(=O)OCc1ccc(C)c2nc(C3CC3)cn12)c1ccc(-c2ccccc2)c(C(=O)O)c1. The monoisotopic (exact) mass is 468 g/mol. The summed E-state index contributed by atoms with van der Waals surface area (Å²) in [6.45, 7) is 4.06. The Morgan fingerprint density at radius 3 is 2.57 bits per heavy atom. The molecule has 0 radical (unpaired) electrons. The predicted octanol–water partition coefficient (Wildman–Crippen LogP) is 6.12. The van der Waals surface area contributed by atoms with Gasteiger partial charge in [-0.05, 0) is 60.6 Å². The van der Waals surface area contributed by atoms with Crippen molar-refractivity contribution < 1.29 is 19.4 Å². The predicted molar refractivity (Wildman–Crippen MR) is 134 cm³/mol. The fourth-order valence-corrected chi connectivity index (χ4v) is 4.57. The number of fused-ring (bicyclic) bond motifs is 1. The smallest absolute Gasteiger partial charge is 0.336 e. The van der Waals surface area contributed by atoms with Crippen LogP contribution in [0.4, 0.5) is 0 Å². The average molecular weight is 469 g/mol. The molecule has 1 saturated carbocycles. The first kappa shape index (κ1) is 22.8. The number of carbonyl (C=O) groups excluding carboxylic acids is 1. The second-order valence-corrected chi connectivity index (χ2v) is 9.19. The Balaban J connectivity index is 1.38. The van der Waals surface area contributed by atoms with Gasteiger partial charge < -0.3 is 14.2 Å². The first-order valence-electron chi connectivity index (χ1n) is 12.0. The molecule has 1 unspecified atom stereocenters. The number of ether oxygens (including phenoxy) is 1. The third-order valence-electron chi connectivity index (χ3n) is 6.72. The summed E-state index contributed by atoms with van der Waals surface area (Å²) in [5, 5.41) is 9.84. The Bertz CT molecular complexity index is 1400. The summed E-state index contributed by atoms with van der Waals surface area (Å²) in [4.78, 5) is 29.9. The molecule has 0 bridgehead atoms. The zero-order chi connectivity index (χ0) is 24.5. The van der Waals surface area contributed by atoms with Crippen LogP contribution in [0.3, 0.4) is 0 Å². The van der Waals surface area contributed by atoms with Gasteiger partial charge in [0, 0.05) is 12.1 Å². The van der Waals surface area contributed by atoms with E-state index in [4.69, 9.17) is 9.72 Å². The van der Waals surface area contributed by atoms with Crippen LogP contribution >= 0.6 is 0 Å². The Morgan fingerprint density at radius 2 is 1.89 bits per heavy atom. The minimum absolute atomic E-state index is 0.125. The van der Waals surface area contributed by atoms with E-state index in [-0.39, 0.29) is 18.1 Å². The largest absolute Gasteiger partial charge is 0.478 e. The van der Waals surface area contributed by atoms with Gasteiger partial charge in [-0.2, -0.15) is 0 Å². The number of aromatic nitrogens is 2. The molecule has 35 heavy (non-hydrogen) atoms. The number of rotatable bonds is 8. The molecule has 2 heterocycles. The molecule has 1 N–H and O–H groups in total. The second kappa shape index (κ2) is 9.37. The lowest BCUT2D eigenvalue weighted by Crippen LogP contribution is -2.17. The normalized spacial score (nSPS) is 14.1. The number of hydrogen-bond donors (Lipinski definition) is 1. The molecule has 6 nitrogen and oxygen atoms in total. The molecule has 5 rings (SSSR count). The molecular weight excluding hydrogens is 440 g/mol. The van der Waals surface area contributed by atoms with E-state index in [1.165, 1.54) is 12.8 Å². The van der Waals surface area contributed by atoms with Gasteiger partial charge in [0.1, 0.15) is 12.3 Å². The standard InChI is InChI=1S/C29H28N2O4/c1-3-23(21-12-14-24(25(15-21)28(32)33)19-7-5-4-6-8-19)29(34)35-17-22-13-9-18(2)27-30-26(16-31(22)27)20-10-11-20/h4-9,12-16,20,23H,3,10-11,17H2,1-2H3,(H,32,33). The van der Waals surface area contributed by atoms with E-state index in [1.54, 1.807) is 12.1 Å². The third-order valence-corrected chi connectivity index (χ3v) is 6.72. The van der Waals surface area contributed by atoms with E-state index >= 15 is 0 Å². The van der Waals surface area contributed by atoms with Gasteiger partial charge in [0.15, 0.2) is 0 Å². The Hall–Kier alpha value is -3.93. The molecule has 2 aromatic heterocycles. The number of esters is 1. The highest BCUT2D eigenvalue weighted by Gasteiger charge is 2.27. The van der Waals surface area contributed by atoms with E-state index < -0.39 is 11.9 Å². The van der Waals surface area contributed by atoms with Crippen molar-refractivity contribution in [1.29, 1.82) is 0 Å². The number of pyridine rings is 1. The van der Waals surface area contributed by atoms with Gasteiger partial charge in [-0.1, -0.05) is 55.5 Å². The van der Waals surface area contributed by atoms with Crippen LogP contribution in [0.15, 0.2) is 66.9 Å². The van der Waals surface area contributed by atoms with E-state index in [9.17, 15) is 14.7 Å². The Kier molecular flexibility index (Phi) is 6.12. The highest BCUT2D eigenvalue weighted by Crippen LogP contribution is 2.39. The van der Waals surface area contributed by atoms with Gasteiger partial charge >= 0.3 is 11.9 Å². The molecule has 2 aromatic carbocycles. The zero-order valence-electron chi connectivity index (χ0n) is 19.9. The second-order valence-electron chi connectivity index (χ2n) is 9.19. The quantitative estimate of drug-likeness (QED) is 0.315. The van der Waals surface area contributed by atoms with Gasteiger partial charge in [-0.3, -0.25) is 4.79 Å². The number of aromatic carboxylic acids is 1. The summed E-state index contributed by atoms with van der Waals surface area (Å²) < 4.78 is 7.77. The maximum Gasteiger partial charge on any atom is 0.336 e. The van der Waals surface area contributed by atoms with Crippen molar-refractivity contribution in [2.24, 2.45) is 0 Å². The molecule has 6 heteroatoms. The van der Waals surface area contributed by atoms with Crippen LogP contribution in [0.5, 0.6) is 0 Å². The maximum absolute atomic E-state index is 13.1. The molecule has 4 aromatic rings. The highest BCUT2D eigenvalue weighted by molar-refractivity contribution is 5.96. The van der Waals surface area contributed by atoms with Gasteiger partial charge in [-0.15, -0.1) is 0 Å². The van der Waals surface area contributed by atoms with Crippen LogP contribution < -0.4 is 0 Å². The minimum atomic E-state index is -1.03. The molecular formula is C29H28N2O4. The lowest BCUT2D eigenvalue weighted by molar-refractivity contribution is -0.147. The number of carboxylic acids is 1. The molecule has 0 amide bonds. The van der Waals surface area contributed by atoms with E-state index in [0.29, 0.717) is 23.5 Å². The van der Waals surface area contributed by atoms with Crippen LogP contribution in [0.25, 0.3) is 16.8 Å². The van der Waals surface area contributed by atoms with Crippen LogP contribution in [-0.2, 0) is 16.1 Å². The van der Waals surface area contributed by atoms with Crippen molar-refractivity contribution in [3.63, 3.8) is 0 Å². The molecule has 1 atom stereocenters. The van der Waals surface area contributed by atoms with Crippen LogP contribution in [0, 0.1) is 6.92 Å². The summed E-state index contributed by atoms with van der Waals surface area (Å²) in [7, 11) is 0. The average Bonchev–Trinajstić information content (AvgIpc) is 3.62. The van der Waals surface area contributed by atoms with Crippen molar-refractivity contribution in [1.82, 2.24) is 9.38 Å². The number of carbonyl (C=O) groups is 2. The van der Waals surface area contributed by atoms with Crippen molar-refractivity contribution in [2.45, 2.75) is 51.6 Å². The molecule has 0 spiro atoms. The fraction of sp³-hybridized carbons (Fsp3) is 0.276. The Labute approximate surface area is 204 Å². The van der Waals surface area contributed by atoms with Crippen LogP contribution in [-0.4, -0.2) is 26.4 Å². The number of imidazole rings is 1. The highest BCUT2D eigenvalue weighted by atomic mass is 16.5. The molecule has 178 valence electrons. The van der Waals surface area contributed by atoms with Crippen molar-refractivity contribution in [2.75, 3.05) is 0 Å². The van der Waals surface area contributed by atoms with Gasteiger partial charge in [-0.25, -0.2) is 9.78 Å². The number of benzene rings is 2. The number of nitrogens with zero attached hydrogens (tertiary/aromatic N) is 2. The molecule has 1 aliphatic carbocycles. The fourth-order valence-electron chi connectivity index (χ4n) is 4.57. The third kappa shape index (κ3) is 4.56. The number of hydrogen-bond acceptors (Lipinski definition) is 4. The van der Waals surface area contributed by atoms with Crippen molar-refractivity contribution in [3.05, 3.63) is 94.9 Å². The Morgan fingerprint density at radius 1 is 1.11 bits per heavy atom. The van der Waals surface area contributed by atoms with Crippen molar-refractivity contribution >= 4 is 17.6 Å². The van der Waals surface area contributed by atoms with Gasteiger partial charge in [0.25, 0.3) is 0 Å². The maximum atomic E-state index is 13.1. The molecule has 0 aliphatic heterocycles. The summed E-state index contributed by atoms with van der Waals surface area (Å²) in [6, 6.07) is 18.5. The van der Waals surface area contributed by atoms with Crippen LogP contribution in [0.1, 0.15) is 70.9 Å². The minimum Gasteiger partial charge on any atom is -0.478 e. The molecule has 0 saturated heterocycles. The first-order chi connectivity index (χ1) is 17.0. The number of aryl methyl sites for hydroxylation is 1. The first-order valence-corrected chi connectivity index (χ1v) is 12.0. The molecule has 1 fully saturated rings. The summed E-state index contributed by atoms with van der Waals surface area (Å²) in [6.07, 6.45) is 4.91. The molecule has 1 aliphatic rings. The van der Waals surface area contributed by atoms with E-state index in [2.05, 4.69) is 6.20 Å². The van der Waals surface area contributed by atoms with Gasteiger partial charge in [0.05, 0.1) is 22.9 Å². The zero-order valence-corrected chi connectivity index (χ0v) is 19.9. The van der Waals surface area contributed by atoms with E-state index in [1.807, 2.05) is 66.8 Å². The topological polar surface area (TPSA) is 80.9 Å². The summed E-state index contributed by atoms with van der Waals surface area (Å²) in [5.74, 6) is -1.41. The summed E-state index contributed by atoms with van der Waals surface area (Å²) >= 11 is 0. The lowest BCUT2D eigenvalue weighted by Gasteiger charge is -2.17. The summed E-state index contributed by atoms with van der Waals surface area (Å²) in [5.41, 5.74) is 6.19. The van der Waals surface area contributed by atoms with Crippen molar-refractivity contribution in [3.8, 4) is 11.1 Å². The van der Waals surface area contributed by atoms with Gasteiger partial charge in [0.2, 0.25) is 0 Å².